The van der Waals surface area contributed by atoms with E-state index in [9.17, 15) is 9.59 Å². The van der Waals surface area contributed by atoms with Crippen LogP contribution in [0.3, 0.4) is 0 Å². The number of nitrogens with one attached hydrogen (secondary N) is 1. The number of amides is 1. The Morgan fingerprint density at radius 3 is 2.71 bits per heavy atom. The Hall–Kier alpha value is -2.89. The molecule has 2 aromatic rings. The molecule has 0 fully saturated rings. The zero-order valence-electron chi connectivity index (χ0n) is 11.6. The number of carboxylic acids is 1. The molecule has 0 saturated carbocycles. The van der Waals surface area contributed by atoms with Gasteiger partial charge in [-0.05, 0) is 37.1 Å². The van der Waals surface area contributed by atoms with Crippen LogP contribution in [-0.2, 0) is 4.79 Å². The highest BCUT2D eigenvalue weighted by Crippen LogP contribution is 2.19. The van der Waals surface area contributed by atoms with E-state index in [1.165, 1.54) is 12.3 Å². The maximum atomic E-state index is 12.1. The van der Waals surface area contributed by atoms with Gasteiger partial charge in [-0.25, -0.2) is 4.79 Å². The van der Waals surface area contributed by atoms with Gasteiger partial charge in [-0.3, -0.25) is 4.79 Å². The molecule has 0 aliphatic rings. The summed E-state index contributed by atoms with van der Waals surface area (Å²) in [5, 5.41) is 14.9. The summed E-state index contributed by atoms with van der Waals surface area (Å²) in [6, 6.07) is 5.28. The predicted molar refractivity (Wildman–Crippen MR) is 77.0 cm³/mol. The van der Waals surface area contributed by atoms with Crippen molar-refractivity contribution in [3.8, 4) is 0 Å². The maximum Gasteiger partial charge on any atom is 0.328 e. The van der Waals surface area contributed by atoms with Crippen LogP contribution in [-0.4, -0.2) is 22.1 Å². The van der Waals surface area contributed by atoms with Gasteiger partial charge in [0.2, 0.25) is 0 Å². The van der Waals surface area contributed by atoms with Gasteiger partial charge in [0.15, 0.2) is 0 Å². The number of benzene rings is 1. The molecule has 6 heteroatoms. The predicted octanol–water partition coefficient (Wildman–Crippen LogP) is 2.64. The summed E-state index contributed by atoms with van der Waals surface area (Å²) >= 11 is 0. The van der Waals surface area contributed by atoms with Crippen LogP contribution in [0.15, 0.2) is 35.0 Å². The van der Waals surface area contributed by atoms with Gasteiger partial charge in [0.05, 0.1) is 6.20 Å². The molecule has 1 aromatic heterocycles. The van der Waals surface area contributed by atoms with E-state index in [2.05, 4.69) is 10.5 Å². The third kappa shape index (κ3) is 3.56. The van der Waals surface area contributed by atoms with Crippen LogP contribution in [0.4, 0.5) is 5.69 Å². The minimum absolute atomic E-state index is 0.323. The van der Waals surface area contributed by atoms with Gasteiger partial charge >= 0.3 is 5.97 Å². The standard InChI is InChI=1S/C15H14N2O4/c1-9-3-4-11(5-6-14(18)19)7-13(9)17-15(20)12-8-16-21-10(12)2/h3-8H,1-2H3,(H,17,20)(H,18,19). The highest BCUT2D eigenvalue weighted by molar-refractivity contribution is 6.05. The van der Waals surface area contributed by atoms with Crippen LogP contribution in [0.2, 0.25) is 0 Å². The normalized spacial score (nSPS) is 10.8. The first-order chi connectivity index (χ1) is 9.97. The second-order valence-corrected chi connectivity index (χ2v) is 4.50. The summed E-state index contributed by atoms with van der Waals surface area (Å²) < 4.78 is 4.85. The van der Waals surface area contributed by atoms with Crippen molar-refractivity contribution in [1.82, 2.24) is 5.16 Å². The zero-order chi connectivity index (χ0) is 15.4. The van der Waals surface area contributed by atoms with Gasteiger partial charge in [-0.2, -0.15) is 0 Å². The highest BCUT2D eigenvalue weighted by Gasteiger charge is 2.13. The number of rotatable bonds is 4. The van der Waals surface area contributed by atoms with Gasteiger partial charge in [-0.1, -0.05) is 17.3 Å². The van der Waals surface area contributed by atoms with E-state index in [4.69, 9.17) is 9.63 Å². The Morgan fingerprint density at radius 2 is 2.10 bits per heavy atom. The van der Waals surface area contributed by atoms with Crippen LogP contribution < -0.4 is 5.32 Å². The lowest BCUT2D eigenvalue weighted by molar-refractivity contribution is -0.131. The van der Waals surface area contributed by atoms with Crippen LogP contribution in [0, 0.1) is 13.8 Å². The highest BCUT2D eigenvalue weighted by atomic mass is 16.5. The first-order valence-electron chi connectivity index (χ1n) is 6.21. The van der Waals surface area contributed by atoms with Crippen molar-refractivity contribution in [2.24, 2.45) is 0 Å². The van der Waals surface area contributed by atoms with Crippen molar-refractivity contribution in [3.05, 3.63) is 52.9 Å². The molecule has 0 spiro atoms. The van der Waals surface area contributed by atoms with Gasteiger partial charge in [0.25, 0.3) is 5.91 Å². The van der Waals surface area contributed by atoms with Crippen molar-refractivity contribution in [3.63, 3.8) is 0 Å². The van der Waals surface area contributed by atoms with E-state index in [1.807, 2.05) is 6.92 Å². The summed E-state index contributed by atoms with van der Waals surface area (Å²) in [5.74, 6) is -0.912. The molecule has 21 heavy (non-hydrogen) atoms. The minimum Gasteiger partial charge on any atom is -0.478 e. The Kier molecular flexibility index (Phi) is 4.18. The van der Waals surface area contributed by atoms with Crippen LogP contribution in [0.25, 0.3) is 6.08 Å². The number of carbonyl (C=O) groups excluding carboxylic acids is 1. The number of aryl methyl sites for hydroxylation is 2. The van der Waals surface area contributed by atoms with E-state index >= 15 is 0 Å². The fourth-order valence-electron chi connectivity index (χ4n) is 1.75. The number of anilines is 1. The Labute approximate surface area is 121 Å². The van der Waals surface area contributed by atoms with Crippen molar-refractivity contribution < 1.29 is 19.2 Å². The average molecular weight is 286 g/mol. The molecule has 0 aliphatic carbocycles. The zero-order valence-corrected chi connectivity index (χ0v) is 11.6. The molecule has 0 unspecified atom stereocenters. The Balaban J connectivity index is 2.23. The first kappa shape index (κ1) is 14.5. The van der Waals surface area contributed by atoms with E-state index in [0.717, 1.165) is 11.6 Å². The lowest BCUT2D eigenvalue weighted by atomic mass is 10.1. The second-order valence-electron chi connectivity index (χ2n) is 4.50. The van der Waals surface area contributed by atoms with Crippen LogP contribution >= 0.6 is 0 Å². The van der Waals surface area contributed by atoms with E-state index < -0.39 is 5.97 Å². The molecular weight excluding hydrogens is 272 g/mol. The monoisotopic (exact) mass is 286 g/mol. The Morgan fingerprint density at radius 1 is 1.33 bits per heavy atom. The van der Waals surface area contributed by atoms with Crippen LogP contribution in [0.1, 0.15) is 27.2 Å². The molecule has 0 radical (unpaired) electrons. The third-order valence-corrected chi connectivity index (χ3v) is 2.92. The number of hydrogen-bond donors (Lipinski definition) is 2. The smallest absolute Gasteiger partial charge is 0.328 e. The molecular formula is C15H14N2O4. The van der Waals surface area contributed by atoms with E-state index in [1.54, 1.807) is 25.1 Å². The molecule has 0 saturated heterocycles. The molecule has 1 amide bonds. The first-order valence-corrected chi connectivity index (χ1v) is 6.21. The Bertz CT molecular complexity index is 716. The molecule has 0 aliphatic heterocycles. The maximum absolute atomic E-state index is 12.1. The van der Waals surface area contributed by atoms with E-state index in [0.29, 0.717) is 22.6 Å². The lowest BCUT2D eigenvalue weighted by Crippen LogP contribution is -2.13. The SMILES string of the molecule is Cc1ccc(C=CC(=O)O)cc1NC(=O)c1cnoc1C. The van der Waals surface area contributed by atoms with Crippen LogP contribution in [0.5, 0.6) is 0 Å². The van der Waals surface area contributed by atoms with Crippen molar-refractivity contribution in [2.75, 3.05) is 5.32 Å². The molecule has 6 nitrogen and oxygen atoms in total. The number of carbonyl (C=O) groups is 2. The lowest BCUT2D eigenvalue weighted by Gasteiger charge is -2.08. The number of nitrogens with zero attached hydrogens (tertiary/aromatic N) is 1. The molecule has 0 atom stereocenters. The second kappa shape index (κ2) is 6.04. The molecule has 1 aromatic carbocycles. The molecule has 2 N–H and O–H groups in total. The number of hydrogen-bond acceptors (Lipinski definition) is 4. The fraction of sp³-hybridized carbons (Fsp3) is 0.133. The van der Waals surface area contributed by atoms with Gasteiger partial charge in [0.1, 0.15) is 11.3 Å². The summed E-state index contributed by atoms with van der Waals surface area (Å²) in [7, 11) is 0. The van der Waals surface area contributed by atoms with Crippen molar-refractivity contribution in [1.29, 1.82) is 0 Å². The minimum atomic E-state index is -1.03. The topological polar surface area (TPSA) is 92.4 Å². The van der Waals surface area contributed by atoms with Gasteiger partial charge in [-0.15, -0.1) is 0 Å². The average Bonchev–Trinajstić information content (AvgIpc) is 2.86. The summed E-state index contributed by atoms with van der Waals surface area (Å²) in [6.07, 6.45) is 3.86. The summed E-state index contributed by atoms with van der Waals surface area (Å²) in [6.45, 7) is 3.50. The molecule has 1 heterocycles. The number of carboxylic acid groups (broad SMARTS) is 1. The number of aliphatic carboxylic acids is 1. The fourth-order valence-corrected chi connectivity index (χ4v) is 1.75. The summed E-state index contributed by atoms with van der Waals surface area (Å²) in [4.78, 5) is 22.6. The summed E-state index contributed by atoms with van der Waals surface area (Å²) in [5.41, 5.74) is 2.51. The van der Waals surface area contributed by atoms with Gasteiger partial charge in [0, 0.05) is 11.8 Å². The van der Waals surface area contributed by atoms with Crippen molar-refractivity contribution in [2.45, 2.75) is 13.8 Å². The van der Waals surface area contributed by atoms with Crippen molar-refractivity contribution >= 4 is 23.6 Å². The largest absolute Gasteiger partial charge is 0.478 e. The van der Waals surface area contributed by atoms with E-state index in [-0.39, 0.29) is 5.91 Å². The molecule has 108 valence electrons. The molecule has 2 rings (SSSR count). The molecule has 0 bridgehead atoms. The number of aromatic nitrogens is 1. The quantitative estimate of drug-likeness (QED) is 0.843. The third-order valence-electron chi connectivity index (χ3n) is 2.92. The van der Waals surface area contributed by atoms with Gasteiger partial charge < -0.3 is 14.9 Å².